The smallest absolute Gasteiger partial charge is 0.00564 e. The van der Waals surface area contributed by atoms with Gasteiger partial charge in [0.2, 0.25) is 0 Å². The molecule has 17 heavy (non-hydrogen) atoms. The van der Waals surface area contributed by atoms with Crippen molar-refractivity contribution in [2.75, 3.05) is 0 Å². The molecule has 0 aliphatic heterocycles. The Labute approximate surface area is 102 Å². The van der Waals surface area contributed by atoms with Gasteiger partial charge in [-0.25, -0.2) is 0 Å². The fourth-order valence-electron chi connectivity index (χ4n) is 2.44. The van der Waals surface area contributed by atoms with Gasteiger partial charge in [0.1, 0.15) is 0 Å². The highest BCUT2D eigenvalue weighted by Gasteiger charge is 2.27. The second-order valence-corrected chi connectivity index (χ2v) is 4.52. The number of rotatable bonds is 1. The first-order chi connectivity index (χ1) is 8.42. The molecule has 2 aliphatic rings. The molecule has 2 aromatic carbocycles. The summed E-state index contributed by atoms with van der Waals surface area (Å²) in [6.07, 6.45) is 10.7. The molecule has 2 aliphatic carbocycles. The minimum atomic E-state index is 1.29. The Kier molecular flexibility index (Phi) is 1.93. The molecule has 0 N–H and O–H groups in total. The maximum atomic E-state index is 2.29. The maximum Gasteiger partial charge on any atom is 0.00564 e. The van der Waals surface area contributed by atoms with Crippen molar-refractivity contribution in [3.63, 3.8) is 0 Å². The molecule has 0 amide bonds. The van der Waals surface area contributed by atoms with E-state index in [-0.39, 0.29) is 0 Å². The molecule has 0 unspecified atom stereocenters. The number of fused-ring (bicyclic) bond motifs is 2. The van der Waals surface area contributed by atoms with E-state index in [1.807, 2.05) is 0 Å². The van der Waals surface area contributed by atoms with Crippen molar-refractivity contribution in [3.8, 4) is 0 Å². The van der Waals surface area contributed by atoms with Crippen LogP contribution in [0.3, 0.4) is 0 Å². The molecule has 79 valence electrons. The van der Waals surface area contributed by atoms with Gasteiger partial charge in [-0.2, -0.15) is 0 Å². The monoisotopic (exact) mass is 215 g/mol. The van der Waals surface area contributed by atoms with Gasteiger partial charge >= 0.3 is 0 Å². The molecule has 0 aromatic heterocycles. The molecule has 0 heteroatoms. The molecular weight excluding hydrogens is 204 g/mol. The molecular formula is C17H11. The van der Waals surface area contributed by atoms with Gasteiger partial charge in [-0.3, -0.25) is 0 Å². The number of allylic oxidation sites excluding steroid dienone is 1. The minimum absolute atomic E-state index is 1.29. The zero-order valence-corrected chi connectivity index (χ0v) is 9.35. The van der Waals surface area contributed by atoms with Crippen LogP contribution in [0.2, 0.25) is 0 Å². The standard InChI is InChI=1S/C17H11/c1-2-6-12(5-1)9-15-16-10-13-7-3-4-8-14(13)11-17(15)16/h1-11H. The van der Waals surface area contributed by atoms with Gasteiger partial charge < -0.3 is 0 Å². The van der Waals surface area contributed by atoms with Gasteiger partial charge in [0.25, 0.3) is 0 Å². The highest BCUT2D eigenvalue weighted by atomic mass is 14.3. The predicted octanol–water partition coefficient (Wildman–Crippen LogP) is 3.99. The highest BCUT2D eigenvalue weighted by molar-refractivity contribution is 6.07. The molecule has 0 nitrogen and oxygen atoms in total. The number of hydrogen-bond acceptors (Lipinski definition) is 0. The van der Waals surface area contributed by atoms with Crippen LogP contribution in [0.5, 0.6) is 0 Å². The molecule has 4 rings (SSSR count). The Morgan fingerprint density at radius 1 is 0.765 bits per heavy atom. The number of benzene rings is 2. The summed E-state index contributed by atoms with van der Waals surface area (Å²) >= 11 is 0. The zero-order chi connectivity index (χ0) is 11.2. The lowest BCUT2D eigenvalue weighted by Crippen LogP contribution is -1.83. The molecule has 0 heterocycles. The van der Waals surface area contributed by atoms with Crippen molar-refractivity contribution < 1.29 is 0 Å². The lowest BCUT2D eigenvalue weighted by molar-refractivity contribution is 1.39. The van der Waals surface area contributed by atoms with Crippen molar-refractivity contribution in [2.45, 2.75) is 0 Å². The maximum absolute atomic E-state index is 2.29. The summed E-state index contributed by atoms with van der Waals surface area (Å²) in [6.45, 7) is 0. The first-order valence-electron chi connectivity index (χ1n) is 5.89. The summed E-state index contributed by atoms with van der Waals surface area (Å²) in [5.41, 5.74) is 4.21. The molecule has 0 spiro atoms. The Morgan fingerprint density at radius 2 is 1.35 bits per heavy atom. The summed E-state index contributed by atoms with van der Waals surface area (Å²) in [4.78, 5) is 0. The van der Waals surface area contributed by atoms with Crippen LogP contribution in [0, 0.1) is 31.6 Å². The fourth-order valence-corrected chi connectivity index (χ4v) is 2.44. The third kappa shape index (κ3) is 1.51. The summed E-state index contributed by atoms with van der Waals surface area (Å²) < 4.78 is 0. The largest absolute Gasteiger partial charge is 0.0683 e. The average Bonchev–Trinajstić information content (AvgIpc) is 2.78. The van der Waals surface area contributed by atoms with Crippen LogP contribution in [-0.4, -0.2) is 0 Å². The molecule has 0 atom stereocenters. The van der Waals surface area contributed by atoms with Crippen LogP contribution in [0.1, 0.15) is 11.1 Å². The van der Waals surface area contributed by atoms with Crippen LogP contribution in [0.25, 0.3) is 16.3 Å². The quantitative estimate of drug-likeness (QED) is 0.575. The normalized spacial score (nSPS) is 18.5. The lowest BCUT2D eigenvalue weighted by atomic mass is 10.1. The third-order valence-electron chi connectivity index (χ3n) is 3.40. The Bertz CT molecular complexity index is 568. The van der Waals surface area contributed by atoms with Crippen molar-refractivity contribution in [3.05, 3.63) is 85.2 Å². The molecule has 0 saturated heterocycles. The van der Waals surface area contributed by atoms with Gasteiger partial charge in [0.05, 0.1) is 0 Å². The second kappa shape index (κ2) is 3.46. The lowest BCUT2D eigenvalue weighted by Gasteiger charge is -1.95. The molecule has 5 radical (unpaired) electrons. The van der Waals surface area contributed by atoms with Crippen LogP contribution in [0.4, 0.5) is 0 Å². The van der Waals surface area contributed by atoms with Crippen molar-refractivity contribution >= 4 is 16.3 Å². The first kappa shape index (κ1) is 9.47. The van der Waals surface area contributed by atoms with Crippen molar-refractivity contribution in [1.82, 2.24) is 0 Å². The highest BCUT2D eigenvalue weighted by Crippen LogP contribution is 2.46. The van der Waals surface area contributed by atoms with Gasteiger partial charge in [-0.15, -0.1) is 0 Å². The Balaban J connectivity index is 1.75. The zero-order valence-electron chi connectivity index (χ0n) is 9.35. The van der Waals surface area contributed by atoms with Crippen LogP contribution in [-0.2, 0) is 0 Å². The summed E-state index contributed by atoms with van der Waals surface area (Å²) in [5.74, 6) is 1.29. The van der Waals surface area contributed by atoms with E-state index in [9.17, 15) is 0 Å². The Hall–Kier alpha value is -1.56. The van der Waals surface area contributed by atoms with Gasteiger partial charge in [0, 0.05) is 5.92 Å². The van der Waals surface area contributed by atoms with Gasteiger partial charge in [-0.05, 0) is 65.3 Å². The van der Waals surface area contributed by atoms with E-state index in [2.05, 4.69) is 68.2 Å². The second-order valence-electron chi connectivity index (χ2n) is 4.52. The van der Waals surface area contributed by atoms with Gasteiger partial charge in [0.15, 0.2) is 0 Å². The number of hydrogen-bond donors (Lipinski definition) is 0. The van der Waals surface area contributed by atoms with E-state index in [0.29, 0.717) is 0 Å². The SMILES string of the molecule is [CH]1[CH][CH][C](C=C2c3cc4ccccc4cc32)[CH]1. The summed E-state index contributed by atoms with van der Waals surface area (Å²) in [5, 5.41) is 2.66. The van der Waals surface area contributed by atoms with E-state index in [1.165, 1.54) is 33.4 Å². The van der Waals surface area contributed by atoms with Gasteiger partial charge in [-0.1, -0.05) is 30.3 Å². The van der Waals surface area contributed by atoms with E-state index >= 15 is 0 Å². The predicted molar refractivity (Wildman–Crippen MR) is 71.5 cm³/mol. The van der Waals surface area contributed by atoms with E-state index in [1.54, 1.807) is 0 Å². The fraction of sp³-hybridized carbons (Fsp3) is 0. The third-order valence-corrected chi connectivity index (χ3v) is 3.40. The van der Waals surface area contributed by atoms with E-state index in [4.69, 9.17) is 0 Å². The van der Waals surface area contributed by atoms with Crippen LogP contribution < -0.4 is 0 Å². The molecule has 0 bridgehead atoms. The summed E-state index contributed by atoms with van der Waals surface area (Å²) in [6, 6.07) is 13.1. The first-order valence-corrected chi connectivity index (χ1v) is 5.89. The topological polar surface area (TPSA) is 0 Å². The van der Waals surface area contributed by atoms with E-state index in [0.717, 1.165) is 0 Å². The van der Waals surface area contributed by atoms with E-state index < -0.39 is 0 Å². The van der Waals surface area contributed by atoms with Crippen LogP contribution >= 0.6 is 0 Å². The molecule has 1 fully saturated rings. The molecule has 1 saturated carbocycles. The van der Waals surface area contributed by atoms with Crippen molar-refractivity contribution in [2.24, 2.45) is 0 Å². The average molecular weight is 215 g/mol. The molecule has 2 aromatic rings. The Morgan fingerprint density at radius 3 is 1.94 bits per heavy atom. The van der Waals surface area contributed by atoms with Crippen LogP contribution in [0.15, 0.2) is 42.5 Å². The summed E-state index contributed by atoms with van der Waals surface area (Å²) in [7, 11) is 0. The minimum Gasteiger partial charge on any atom is -0.0683 e. The van der Waals surface area contributed by atoms with Crippen molar-refractivity contribution in [1.29, 1.82) is 0 Å².